The lowest BCUT2D eigenvalue weighted by molar-refractivity contribution is -0.119. The summed E-state index contributed by atoms with van der Waals surface area (Å²) in [5.74, 6) is -0.206. The van der Waals surface area contributed by atoms with Crippen LogP contribution < -0.4 is 9.62 Å². The molecule has 2 aromatic carbocycles. The normalized spacial score (nSPS) is 19.3. The molecule has 3 aromatic rings. The number of imidazole rings is 1. The number of H-pyrrole nitrogens is 1. The number of amides is 1. The largest absolute Gasteiger partial charge is 0.333 e. The van der Waals surface area contributed by atoms with Gasteiger partial charge in [0.1, 0.15) is 4.75 Å². The third-order valence-electron chi connectivity index (χ3n) is 5.36. The van der Waals surface area contributed by atoms with Gasteiger partial charge in [-0.05, 0) is 51.1 Å². The van der Waals surface area contributed by atoms with Crippen LogP contribution in [-0.2, 0) is 19.6 Å². The molecule has 2 heterocycles. The van der Waals surface area contributed by atoms with Gasteiger partial charge >= 0.3 is 0 Å². The number of benzene rings is 2. The second-order valence-corrected chi connectivity index (χ2v) is 13.2. The lowest BCUT2D eigenvalue weighted by Crippen LogP contribution is -2.49. The number of fused-ring (bicyclic) bond motifs is 2. The second kappa shape index (κ2) is 7.61. The molecular weight excluding hydrogens is 500 g/mol. The van der Waals surface area contributed by atoms with Crippen LogP contribution in [-0.4, -0.2) is 42.6 Å². The quantitative estimate of drug-likeness (QED) is 0.527. The zero-order valence-electron chi connectivity index (χ0n) is 17.6. The third kappa shape index (κ3) is 3.79. The van der Waals surface area contributed by atoms with Crippen LogP contribution in [0.15, 0.2) is 52.1 Å². The van der Waals surface area contributed by atoms with Gasteiger partial charge in [-0.1, -0.05) is 39.8 Å². The Morgan fingerprint density at radius 3 is 2.61 bits per heavy atom. The molecule has 0 radical (unpaired) electrons. The predicted molar refractivity (Wildman–Crippen MR) is 128 cm³/mol. The van der Waals surface area contributed by atoms with Crippen molar-refractivity contribution in [1.82, 2.24) is 14.7 Å². The Balaban J connectivity index is 1.83. The van der Waals surface area contributed by atoms with Crippen molar-refractivity contribution in [2.24, 2.45) is 0 Å². The molecule has 1 aliphatic rings. The number of sulfonamides is 1. The van der Waals surface area contributed by atoms with E-state index >= 15 is 0 Å². The monoisotopic (exact) mass is 522 g/mol. The van der Waals surface area contributed by atoms with E-state index in [9.17, 15) is 13.2 Å². The van der Waals surface area contributed by atoms with Crippen LogP contribution in [0.5, 0.6) is 0 Å². The highest BCUT2D eigenvalue weighted by Crippen LogP contribution is 2.51. The highest BCUT2D eigenvalue weighted by molar-refractivity contribution is 9.10. The summed E-state index contributed by atoms with van der Waals surface area (Å²) in [4.78, 5) is 23.0. The smallest absolute Gasteiger partial charge is 0.249 e. The summed E-state index contributed by atoms with van der Waals surface area (Å²) in [6.45, 7) is 4.78. The number of nitrogens with zero attached hydrogens (tertiary/aromatic N) is 2. The molecule has 0 aliphatic carbocycles. The number of likely N-dealkylation sites (N-methyl/N-ethyl adjacent to an activating group) is 1. The van der Waals surface area contributed by atoms with Gasteiger partial charge in [0, 0.05) is 29.3 Å². The third-order valence-corrected chi connectivity index (χ3v) is 9.27. The maximum absolute atomic E-state index is 13.6. The minimum absolute atomic E-state index is 0.0963. The van der Waals surface area contributed by atoms with Crippen molar-refractivity contribution >= 4 is 60.3 Å². The number of hydrogen-bond acceptors (Lipinski definition) is 5. The molecule has 1 aromatic heterocycles. The van der Waals surface area contributed by atoms with E-state index in [2.05, 4.69) is 30.6 Å². The molecule has 1 aliphatic heterocycles. The molecule has 1 atom stereocenters. The number of thioether (sulfide) groups is 1. The summed E-state index contributed by atoms with van der Waals surface area (Å²) < 4.78 is 27.0. The first-order valence-corrected chi connectivity index (χ1v) is 12.7. The Hall–Kier alpha value is -1.88. The topological polar surface area (TPSA) is 95.2 Å². The summed E-state index contributed by atoms with van der Waals surface area (Å²) in [6.07, 6.45) is 0. The number of aromatic amines is 1. The van der Waals surface area contributed by atoms with E-state index in [1.165, 1.54) is 11.8 Å². The number of para-hydroxylation sites is 2. The van der Waals surface area contributed by atoms with Crippen LogP contribution in [0.2, 0.25) is 0 Å². The summed E-state index contributed by atoms with van der Waals surface area (Å²) in [7, 11) is -1.97. The minimum atomic E-state index is -3.67. The number of anilines is 1. The lowest BCUT2D eigenvalue weighted by atomic mass is 10.00. The Bertz CT molecular complexity index is 1250. The van der Waals surface area contributed by atoms with Gasteiger partial charge in [0.05, 0.1) is 15.8 Å². The van der Waals surface area contributed by atoms with Crippen LogP contribution in [0, 0.1) is 0 Å². The molecule has 0 saturated carbocycles. The van der Waals surface area contributed by atoms with E-state index in [1.54, 1.807) is 32.7 Å². The molecule has 4 rings (SSSR count). The second-order valence-electron chi connectivity index (χ2n) is 8.45. The molecule has 10 heteroatoms. The van der Waals surface area contributed by atoms with Gasteiger partial charge in [0.15, 0.2) is 5.16 Å². The number of hydrogen-bond donors (Lipinski definition) is 2. The van der Waals surface area contributed by atoms with Crippen molar-refractivity contribution in [3.05, 3.63) is 52.5 Å². The zero-order valence-corrected chi connectivity index (χ0v) is 20.8. The van der Waals surface area contributed by atoms with Gasteiger partial charge in [-0.15, -0.1) is 0 Å². The van der Waals surface area contributed by atoms with Gasteiger partial charge in [0.2, 0.25) is 15.9 Å². The lowest BCUT2D eigenvalue weighted by Gasteiger charge is -2.29. The maximum atomic E-state index is 13.6. The van der Waals surface area contributed by atoms with E-state index in [-0.39, 0.29) is 12.5 Å². The Labute approximate surface area is 194 Å². The van der Waals surface area contributed by atoms with Crippen molar-refractivity contribution in [2.45, 2.75) is 35.4 Å². The Morgan fingerprint density at radius 1 is 1.23 bits per heavy atom. The number of halogens is 1. The van der Waals surface area contributed by atoms with Crippen LogP contribution in [0.1, 0.15) is 26.3 Å². The standard InChI is InChI=1S/C21H23BrN4O3S2/c1-20(2,3)31(28,29)23-12-21(30-19-24-15-7-5-6-8-16(15)25-19)14-11-13(22)9-10-17(14)26(4)18(21)27/h5-11,23H,12H2,1-4H3,(H,24,25). The molecule has 0 fully saturated rings. The molecule has 2 N–H and O–H groups in total. The number of rotatable bonds is 5. The SMILES string of the molecule is CN1C(=O)C(CNS(=O)(=O)C(C)(C)C)(Sc2nc3ccccc3[nH]2)c2cc(Br)ccc21. The van der Waals surface area contributed by atoms with E-state index < -0.39 is 19.5 Å². The number of aromatic nitrogens is 2. The molecule has 1 unspecified atom stereocenters. The number of nitrogens with one attached hydrogen (secondary N) is 2. The highest BCUT2D eigenvalue weighted by atomic mass is 79.9. The fourth-order valence-electron chi connectivity index (χ4n) is 3.48. The van der Waals surface area contributed by atoms with Crippen molar-refractivity contribution in [3.8, 4) is 0 Å². The van der Waals surface area contributed by atoms with Crippen LogP contribution in [0.4, 0.5) is 5.69 Å². The fourth-order valence-corrected chi connectivity index (χ4v) is 6.05. The van der Waals surface area contributed by atoms with Crippen molar-refractivity contribution in [3.63, 3.8) is 0 Å². The van der Waals surface area contributed by atoms with Crippen molar-refractivity contribution in [2.75, 3.05) is 18.5 Å². The molecule has 164 valence electrons. The molecule has 7 nitrogen and oxygen atoms in total. The summed E-state index contributed by atoms with van der Waals surface area (Å²) in [5, 5.41) is 0.547. The van der Waals surface area contributed by atoms with Crippen LogP contribution in [0.25, 0.3) is 11.0 Å². The first-order valence-electron chi connectivity index (χ1n) is 9.66. The van der Waals surface area contributed by atoms with Crippen molar-refractivity contribution < 1.29 is 13.2 Å². The molecule has 0 spiro atoms. The molecule has 31 heavy (non-hydrogen) atoms. The molecule has 0 saturated heterocycles. The Morgan fingerprint density at radius 2 is 1.94 bits per heavy atom. The Kier molecular flexibility index (Phi) is 5.48. The molecule has 1 amide bonds. The van der Waals surface area contributed by atoms with E-state index in [0.717, 1.165) is 26.8 Å². The first-order chi connectivity index (χ1) is 14.4. The summed E-state index contributed by atoms with van der Waals surface area (Å²) in [5.41, 5.74) is 3.11. The van der Waals surface area contributed by atoms with E-state index in [1.807, 2.05) is 42.5 Å². The van der Waals surface area contributed by atoms with Crippen LogP contribution >= 0.6 is 27.7 Å². The van der Waals surface area contributed by atoms with Gasteiger partial charge in [0.25, 0.3) is 0 Å². The van der Waals surface area contributed by atoms with Crippen LogP contribution in [0.3, 0.4) is 0 Å². The molecular formula is C21H23BrN4O3S2. The van der Waals surface area contributed by atoms with E-state index in [4.69, 9.17) is 0 Å². The molecule has 0 bridgehead atoms. The number of carbonyl (C=O) groups is 1. The number of carbonyl (C=O) groups excluding carboxylic acids is 1. The average Bonchev–Trinajstić information content (AvgIpc) is 3.18. The van der Waals surface area contributed by atoms with E-state index in [0.29, 0.717) is 5.16 Å². The van der Waals surface area contributed by atoms with Gasteiger partial charge in [-0.3, -0.25) is 4.79 Å². The highest BCUT2D eigenvalue weighted by Gasteiger charge is 2.52. The van der Waals surface area contributed by atoms with Gasteiger partial charge < -0.3 is 9.88 Å². The summed E-state index contributed by atoms with van der Waals surface area (Å²) in [6, 6.07) is 13.2. The summed E-state index contributed by atoms with van der Waals surface area (Å²) >= 11 is 4.72. The maximum Gasteiger partial charge on any atom is 0.249 e. The zero-order chi connectivity index (χ0) is 22.6. The fraction of sp³-hybridized carbons (Fsp3) is 0.333. The van der Waals surface area contributed by atoms with Gasteiger partial charge in [-0.2, -0.15) is 0 Å². The first kappa shape index (κ1) is 22.3. The predicted octanol–water partition coefficient (Wildman–Crippen LogP) is 4.01. The minimum Gasteiger partial charge on any atom is -0.333 e. The van der Waals surface area contributed by atoms with Gasteiger partial charge in [-0.25, -0.2) is 18.1 Å². The van der Waals surface area contributed by atoms with Crippen molar-refractivity contribution in [1.29, 1.82) is 0 Å². The average molecular weight is 523 g/mol.